The highest BCUT2D eigenvalue weighted by Crippen LogP contribution is 2.32. The minimum Gasteiger partial charge on any atom is -0.377 e. The molecule has 0 spiro atoms. The fourth-order valence-electron chi connectivity index (χ4n) is 4.21. The van der Waals surface area contributed by atoms with Crippen LogP contribution < -0.4 is 0 Å². The van der Waals surface area contributed by atoms with Crippen LogP contribution >= 0.6 is 11.3 Å². The lowest BCUT2D eigenvalue weighted by atomic mass is 9.88. The Morgan fingerprint density at radius 1 is 1.27 bits per heavy atom. The van der Waals surface area contributed by atoms with Crippen molar-refractivity contribution in [3.8, 4) is 0 Å². The van der Waals surface area contributed by atoms with Gasteiger partial charge in [-0.15, -0.1) is 11.3 Å². The average Bonchev–Trinajstić information content (AvgIpc) is 3.27. The van der Waals surface area contributed by atoms with E-state index in [9.17, 15) is 4.79 Å². The molecule has 120 valence electrons. The molecule has 0 aliphatic carbocycles. The lowest BCUT2D eigenvalue weighted by Crippen LogP contribution is -2.43. The number of thiophene rings is 1. The zero-order valence-corrected chi connectivity index (χ0v) is 13.8. The molecular weight excluding hydrogens is 296 g/mol. The predicted molar refractivity (Wildman–Crippen MR) is 87.2 cm³/mol. The summed E-state index contributed by atoms with van der Waals surface area (Å²) in [6.07, 6.45) is 4.11. The first-order chi connectivity index (χ1) is 10.8. The van der Waals surface area contributed by atoms with Gasteiger partial charge >= 0.3 is 0 Å². The van der Waals surface area contributed by atoms with Gasteiger partial charge in [0, 0.05) is 32.8 Å². The van der Waals surface area contributed by atoms with Crippen molar-refractivity contribution >= 4 is 17.2 Å². The number of hydrogen-bond acceptors (Lipinski definition) is 4. The van der Waals surface area contributed by atoms with Gasteiger partial charge in [-0.25, -0.2) is 0 Å². The highest BCUT2D eigenvalue weighted by Gasteiger charge is 2.39. The highest BCUT2D eigenvalue weighted by atomic mass is 32.1. The Bertz CT molecular complexity index is 513. The van der Waals surface area contributed by atoms with Gasteiger partial charge < -0.3 is 14.5 Å². The van der Waals surface area contributed by atoms with Crippen LogP contribution in [0.15, 0.2) is 17.5 Å². The molecule has 0 N–H and O–H groups in total. The highest BCUT2D eigenvalue weighted by molar-refractivity contribution is 7.12. The van der Waals surface area contributed by atoms with Crippen molar-refractivity contribution in [2.45, 2.75) is 25.4 Å². The molecule has 0 saturated carbocycles. The summed E-state index contributed by atoms with van der Waals surface area (Å²) in [5, 5.41) is 1.99. The van der Waals surface area contributed by atoms with Crippen LogP contribution in [-0.4, -0.2) is 61.1 Å². The molecule has 3 aliphatic rings. The Labute approximate surface area is 136 Å². The number of rotatable bonds is 3. The normalized spacial score (nSPS) is 32.4. The Hall–Kier alpha value is -0.910. The molecule has 0 bridgehead atoms. The fraction of sp³-hybridized carbons (Fsp3) is 0.706. The van der Waals surface area contributed by atoms with Gasteiger partial charge in [0.1, 0.15) is 0 Å². The fourth-order valence-corrected chi connectivity index (χ4v) is 4.90. The zero-order chi connectivity index (χ0) is 14.9. The third-order valence-electron chi connectivity index (χ3n) is 5.39. The molecule has 1 aromatic heterocycles. The monoisotopic (exact) mass is 320 g/mol. The first kappa shape index (κ1) is 14.7. The summed E-state index contributed by atoms with van der Waals surface area (Å²) in [6.45, 7) is 6.22. The van der Waals surface area contributed by atoms with Crippen LogP contribution in [-0.2, 0) is 4.74 Å². The molecule has 3 atom stereocenters. The van der Waals surface area contributed by atoms with E-state index < -0.39 is 0 Å². The molecule has 22 heavy (non-hydrogen) atoms. The lowest BCUT2D eigenvalue weighted by molar-refractivity contribution is 0.0506. The number of hydrogen-bond donors (Lipinski definition) is 0. The first-order valence-corrected chi connectivity index (χ1v) is 9.34. The molecule has 3 saturated heterocycles. The van der Waals surface area contributed by atoms with Gasteiger partial charge in [-0.2, -0.15) is 0 Å². The van der Waals surface area contributed by atoms with Crippen molar-refractivity contribution in [3.05, 3.63) is 22.4 Å². The van der Waals surface area contributed by atoms with Gasteiger partial charge in [0.2, 0.25) is 0 Å². The van der Waals surface area contributed by atoms with E-state index in [4.69, 9.17) is 4.74 Å². The van der Waals surface area contributed by atoms with Crippen molar-refractivity contribution < 1.29 is 9.53 Å². The first-order valence-electron chi connectivity index (χ1n) is 8.46. The lowest BCUT2D eigenvalue weighted by Gasteiger charge is -2.35. The molecule has 1 aromatic rings. The van der Waals surface area contributed by atoms with E-state index >= 15 is 0 Å². The summed E-state index contributed by atoms with van der Waals surface area (Å²) < 4.78 is 5.77. The second kappa shape index (κ2) is 6.30. The van der Waals surface area contributed by atoms with E-state index in [2.05, 4.69) is 9.80 Å². The Morgan fingerprint density at radius 3 is 2.95 bits per heavy atom. The van der Waals surface area contributed by atoms with Crippen LogP contribution in [0.3, 0.4) is 0 Å². The van der Waals surface area contributed by atoms with Gasteiger partial charge in [0.15, 0.2) is 0 Å². The average molecular weight is 320 g/mol. The summed E-state index contributed by atoms with van der Waals surface area (Å²) in [5.41, 5.74) is 0. The molecule has 4 rings (SSSR count). The third-order valence-corrected chi connectivity index (χ3v) is 6.25. The summed E-state index contributed by atoms with van der Waals surface area (Å²) in [6, 6.07) is 3.91. The molecule has 0 unspecified atom stereocenters. The van der Waals surface area contributed by atoms with E-state index in [0.717, 1.165) is 37.7 Å². The zero-order valence-electron chi connectivity index (χ0n) is 12.9. The van der Waals surface area contributed by atoms with Crippen molar-refractivity contribution in [3.63, 3.8) is 0 Å². The molecular formula is C17H24N2O2S. The minimum absolute atomic E-state index is 0.232. The quantitative estimate of drug-likeness (QED) is 0.857. The number of ether oxygens (including phenoxy) is 1. The maximum Gasteiger partial charge on any atom is 0.263 e. The van der Waals surface area contributed by atoms with Crippen LogP contribution in [0.2, 0.25) is 0 Å². The molecule has 1 amide bonds. The molecule has 4 nitrogen and oxygen atoms in total. The smallest absolute Gasteiger partial charge is 0.263 e. The Morgan fingerprint density at radius 2 is 2.18 bits per heavy atom. The van der Waals surface area contributed by atoms with Gasteiger partial charge in [-0.1, -0.05) is 6.07 Å². The summed E-state index contributed by atoms with van der Waals surface area (Å²) >= 11 is 1.55. The number of fused-ring (bicyclic) bond motifs is 1. The summed E-state index contributed by atoms with van der Waals surface area (Å²) in [5.74, 6) is 1.58. The molecule has 5 heteroatoms. The summed E-state index contributed by atoms with van der Waals surface area (Å²) in [4.78, 5) is 18.0. The van der Waals surface area contributed by atoms with Crippen molar-refractivity contribution in [2.24, 2.45) is 11.8 Å². The van der Waals surface area contributed by atoms with Crippen molar-refractivity contribution in [1.29, 1.82) is 0 Å². The molecule has 3 fully saturated rings. The molecule has 3 aliphatic heterocycles. The minimum atomic E-state index is 0.232. The van der Waals surface area contributed by atoms with E-state index in [-0.39, 0.29) is 5.91 Å². The van der Waals surface area contributed by atoms with E-state index in [1.54, 1.807) is 11.3 Å². The van der Waals surface area contributed by atoms with E-state index in [0.29, 0.717) is 17.9 Å². The second-order valence-electron chi connectivity index (χ2n) is 6.89. The number of likely N-dealkylation sites (tertiary alicyclic amines) is 2. The van der Waals surface area contributed by atoms with Gasteiger partial charge in [-0.3, -0.25) is 4.79 Å². The van der Waals surface area contributed by atoms with Crippen LogP contribution in [0.4, 0.5) is 0 Å². The topological polar surface area (TPSA) is 32.8 Å². The van der Waals surface area contributed by atoms with Crippen LogP contribution in [0.1, 0.15) is 28.9 Å². The third kappa shape index (κ3) is 2.94. The number of amides is 1. The van der Waals surface area contributed by atoms with Crippen molar-refractivity contribution in [2.75, 3.05) is 39.3 Å². The summed E-state index contributed by atoms with van der Waals surface area (Å²) in [7, 11) is 0. The maximum atomic E-state index is 12.5. The second-order valence-corrected chi connectivity index (χ2v) is 7.84. The van der Waals surface area contributed by atoms with Gasteiger partial charge in [0.05, 0.1) is 11.0 Å². The van der Waals surface area contributed by atoms with Gasteiger partial charge in [-0.05, 0) is 49.1 Å². The number of carbonyl (C=O) groups is 1. The predicted octanol–water partition coefficient (Wildman–Crippen LogP) is 2.32. The molecule has 4 heterocycles. The number of carbonyl (C=O) groups excluding carboxylic acids is 1. The SMILES string of the molecule is O=C(c1cccs1)N1C[C@H]2CN(C[C@H]3CCCO3)CC[C@H]2C1. The molecule has 0 aromatic carbocycles. The van der Waals surface area contributed by atoms with Crippen LogP contribution in [0.25, 0.3) is 0 Å². The molecule has 0 radical (unpaired) electrons. The van der Waals surface area contributed by atoms with Gasteiger partial charge in [0.25, 0.3) is 5.91 Å². The Balaban J connectivity index is 1.34. The van der Waals surface area contributed by atoms with Crippen molar-refractivity contribution in [1.82, 2.24) is 9.80 Å². The largest absolute Gasteiger partial charge is 0.377 e. The number of nitrogens with zero attached hydrogens (tertiary/aromatic N) is 2. The maximum absolute atomic E-state index is 12.5. The van der Waals surface area contributed by atoms with E-state index in [1.807, 2.05) is 17.5 Å². The van der Waals surface area contributed by atoms with Crippen LogP contribution in [0, 0.1) is 11.8 Å². The standard InChI is InChI=1S/C17H24N2O2S/c20-17(16-4-2-8-22-16)19-10-13-5-6-18(9-14(13)11-19)12-15-3-1-7-21-15/h2,4,8,13-15H,1,3,5-7,9-12H2/t13-,14+,15+/m0/s1. The Kier molecular flexibility index (Phi) is 4.20. The number of piperidine rings is 1. The van der Waals surface area contributed by atoms with E-state index in [1.165, 1.54) is 25.8 Å². The van der Waals surface area contributed by atoms with Crippen LogP contribution in [0.5, 0.6) is 0 Å².